The number of aliphatic hydroxyl groups excluding tert-OH is 1. The van der Waals surface area contributed by atoms with Gasteiger partial charge in [0.1, 0.15) is 6.61 Å². The molecular weight excluding hydrogens is 342 g/mol. The highest BCUT2D eigenvalue weighted by atomic mass is 16.7. The van der Waals surface area contributed by atoms with Crippen LogP contribution in [-0.2, 0) is 17.8 Å². The number of nitrogens with zero attached hydrogens (tertiary/aromatic N) is 1. The van der Waals surface area contributed by atoms with E-state index in [0.29, 0.717) is 13.1 Å². The normalized spacial score (nSPS) is 13.6. The average Bonchev–Trinajstić information content (AvgIpc) is 3.11. The number of hydrogen-bond acceptors (Lipinski definition) is 5. The number of benzene rings is 2. The van der Waals surface area contributed by atoms with Gasteiger partial charge in [-0.15, -0.1) is 6.42 Å². The molecule has 0 fully saturated rings. The monoisotopic (exact) mass is 367 g/mol. The third kappa shape index (κ3) is 5.48. The van der Waals surface area contributed by atoms with Crippen LogP contribution < -0.4 is 9.47 Å². The van der Waals surface area contributed by atoms with Crippen molar-refractivity contribution < 1.29 is 19.3 Å². The van der Waals surface area contributed by atoms with E-state index in [2.05, 4.69) is 29.9 Å². The van der Waals surface area contributed by atoms with Crippen LogP contribution in [0.3, 0.4) is 0 Å². The molecule has 1 aliphatic rings. The number of fused-ring (bicyclic) bond motifs is 1. The fraction of sp³-hybridized carbons (Fsp3) is 0.364. The summed E-state index contributed by atoms with van der Waals surface area (Å²) in [6, 6.07) is 14.2. The first-order valence-corrected chi connectivity index (χ1v) is 9.00. The van der Waals surface area contributed by atoms with Gasteiger partial charge in [-0.25, -0.2) is 0 Å². The molecule has 0 radical (unpaired) electrons. The molecule has 1 heterocycles. The van der Waals surface area contributed by atoms with Crippen LogP contribution in [0.4, 0.5) is 0 Å². The highest BCUT2D eigenvalue weighted by Crippen LogP contribution is 2.33. The first-order chi connectivity index (χ1) is 13.2. The minimum Gasteiger partial charge on any atom is -0.454 e. The molecule has 0 unspecified atom stereocenters. The summed E-state index contributed by atoms with van der Waals surface area (Å²) in [6.07, 6.45) is 4.58. The maximum atomic E-state index is 10.3. The number of ether oxygens (including phenoxy) is 3. The Hall–Kier alpha value is -2.52. The Bertz CT molecular complexity index is 799. The summed E-state index contributed by atoms with van der Waals surface area (Å²) in [5.41, 5.74) is 3.56. The van der Waals surface area contributed by atoms with Crippen LogP contribution in [0, 0.1) is 19.3 Å². The maximum Gasteiger partial charge on any atom is 0.231 e. The van der Waals surface area contributed by atoms with Crippen molar-refractivity contribution in [1.29, 1.82) is 0 Å². The molecule has 5 heteroatoms. The molecule has 0 amide bonds. The zero-order valence-electron chi connectivity index (χ0n) is 15.6. The minimum atomic E-state index is -0.614. The predicted octanol–water partition coefficient (Wildman–Crippen LogP) is 2.74. The molecule has 0 aliphatic carbocycles. The molecule has 0 aromatic heterocycles. The lowest BCUT2D eigenvalue weighted by Gasteiger charge is -2.26. The molecular formula is C22H25NO4. The predicted molar refractivity (Wildman–Crippen MR) is 104 cm³/mol. The lowest BCUT2D eigenvalue weighted by molar-refractivity contribution is 0.0243. The Balaban J connectivity index is 1.70. The molecule has 0 saturated carbocycles. The summed E-state index contributed by atoms with van der Waals surface area (Å²) in [6.45, 7) is 4.67. The van der Waals surface area contributed by atoms with Crippen molar-refractivity contribution in [3.8, 4) is 23.8 Å². The van der Waals surface area contributed by atoms with E-state index in [-0.39, 0.29) is 20.0 Å². The second kappa shape index (κ2) is 9.43. The van der Waals surface area contributed by atoms with E-state index < -0.39 is 6.10 Å². The Morgan fingerprint density at radius 1 is 1.19 bits per heavy atom. The van der Waals surface area contributed by atoms with Gasteiger partial charge in [0.05, 0.1) is 12.7 Å². The fourth-order valence-corrected chi connectivity index (χ4v) is 3.12. The van der Waals surface area contributed by atoms with Crippen LogP contribution in [0.1, 0.15) is 16.7 Å². The standard InChI is InChI=1S/C22H25NO4/c1-3-10-25-15-20(24)14-23(13-19-7-5-4-6-17(19)2)12-18-8-9-21-22(11-18)27-16-26-21/h1,4-9,11,20,24H,10,12-16H2,2H3/t20-/m0/s1. The van der Waals surface area contributed by atoms with Crippen LogP contribution in [0.25, 0.3) is 0 Å². The van der Waals surface area contributed by atoms with Gasteiger partial charge in [-0.3, -0.25) is 4.90 Å². The third-order valence-electron chi connectivity index (χ3n) is 4.46. The smallest absolute Gasteiger partial charge is 0.231 e. The zero-order valence-corrected chi connectivity index (χ0v) is 15.6. The van der Waals surface area contributed by atoms with E-state index in [0.717, 1.165) is 23.6 Å². The van der Waals surface area contributed by atoms with Crippen molar-refractivity contribution in [3.63, 3.8) is 0 Å². The lowest BCUT2D eigenvalue weighted by atomic mass is 10.1. The summed E-state index contributed by atoms with van der Waals surface area (Å²) < 4.78 is 16.1. The first-order valence-electron chi connectivity index (χ1n) is 9.00. The van der Waals surface area contributed by atoms with E-state index in [1.54, 1.807) is 0 Å². The Kier molecular flexibility index (Phi) is 6.72. The quantitative estimate of drug-likeness (QED) is 0.546. The van der Waals surface area contributed by atoms with Crippen LogP contribution >= 0.6 is 0 Å². The highest BCUT2D eigenvalue weighted by molar-refractivity contribution is 5.44. The van der Waals surface area contributed by atoms with Gasteiger partial charge < -0.3 is 19.3 Å². The molecule has 2 aromatic rings. The summed E-state index contributed by atoms with van der Waals surface area (Å²) in [7, 11) is 0. The highest BCUT2D eigenvalue weighted by Gasteiger charge is 2.17. The van der Waals surface area contributed by atoms with Crippen molar-refractivity contribution in [3.05, 3.63) is 59.2 Å². The fourth-order valence-electron chi connectivity index (χ4n) is 3.12. The maximum absolute atomic E-state index is 10.3. The van der Waals surface area contributed by atoms with Gasteiger partial charge in [0.25, 0.3) is 0 Å². The molecule has 0 spiro atoms. The Labute approximate surface area is 160 Å². The molecule has 5 nitrogen and oxygen atoms in total. The van der Waals surface area contributed by atoms with Gasteiger partial charge in [0, 0.05) is 19.6 Å². The van der Waals surface area contributed by atoms with Crippen molar-refractivity contribution >= 4 is 0 Å². The minimum absolute atomic E-state index is 0.205. The number of aliphatic hydroxyl groups is 1. The zero-order chi connectivity index (χ0) is 19.1. The van der Waals surface area contributed by atoms with Crippen LogP contribution in [0.15, 0.2) is 42.5 Å². The van der Waals surface area contributed by atoms with Gasteiger partial charge >= 0.3 is 0 Å². The van der Waals surface area contributed by atoms with E-state index >= 15 is 0 Å². The van der Waals surface area contributed by atoms with Crippen molar-refractivity contribution in [2.75, 3.05) is 26.6 Å². The molecule has 2 aromatic carbocycles. The van der Waals surface area contributed by atoms with Crippen LogP contribution in [-0.4, -0.2) is 42.7 Å². The molecule has 0 saturated heterocycles. The van der Waals surface area contributed by atoms with Gasteiger partial charge in [-0.1, -0.05) is 36.3 Å². The molecule has 1 aliphatic heterocycles. The van der Waals surface area contributed by atoms with Gasteiger partial charge in [0.15, 0.2) is 11.5 Å². The van der Waals surface area contributed by atoms with Crippen molar-refractivity contribution in [2.45, 2.75) is 26.1 Å². The average molecular weight is 367 g/mol. The van der Waals surface area contributed by atoms with E-state index in [1.165, 1.54) is 11.1 Å². The topological polar surface area (TPSA) is 51.2 Å². The number of aryl methyl sites for hydroxylation is 1. The molecule has 142 valence electrons. The second-order valence-electron chi connectivity index (χ2n) is 6.66. The number of terminal acetylenes is 1. The van der Waals surface area contributed by atoms with Crippen LogP contribution in [0.2, 0.25) is 0 Å². The summed E-state index contributed by atoms with van der Waals surface area (Å²) >= 11 is 0. The van der Waals surface area contributed by atoms with Crippen molar-refractivity contribution in [2.24, 2.45) is 0 Å². The van der Waals surface area contributed by atoms with Gasteiger partial charge in [0.2, 0.25) is 6.79 Å². The van der Waals surface area contributed by atoms with Gasteiger partial charge in [-0.05, 0) is 35.7 Å². The van der Waals surface area contributed by atoms with E-state index in [1.807, 2.05) is 30.3 Å². The third-order valence-corrected chi connectivity index (χ3v) is 4.46. The molecule has 1 atom stereocenters. The second-order valence-corrected chi connectivity index (χ2v) is 6.66. The molecule has 3 rings (SSSR count). The van der Waals surface area contributed by atoms with E-state index in [4.69, 9.17) is 20.6 Å². The SMILES string of the molecule is C#CCOC[C@@H](O)CN(Cc1ccc2c(c1)OCO2)Cc1ccccc1C. The largest absolute Gasteiger partial charge is 0.454 e. The van der Waals surface area contributed by atoms with Crippen molar-refractivity contribution in [1.82, 2.24) is 4.90 Å². The molecule has 0 bridgehead atoms. The lowest BCUT2D eigenvalue weighted by Crippen LogP contribution is -2.34. The summed E-state index contributed by atoms with van der Waals surface area (Å²) in [4.78, 5) is 2.20. The van der Waals surface area contributed by atoms with Crippen LogP contribution in [0.5, 0.6) is 11.5 Å². The number of rotatable bonds is 9. The first kappa shape index (κ1) is 19.2. The molecule has 1 N–H and O–H groups in total. The Morgan fingerprint density at radius 3 is 2.81 bits per heavy atom. The Morgan fingerprint density at radius 2 is 2.00 bits per heavy atom. The molecule has 27 heavy (non-hydrogen) atoms. The summed E-state index contributed by atoms with van der Waals surface area (Å²) in [5, 5.41) is 10.3. The summed E-state index contributed by atoms with van der Waals surface area (Å²) in [5.74, 6) is 3.95. The van der Waals surface area contributed by atoms with Gasteiger partial charge in [-0.2, -0.15) is 0 Å². The number of hydrogen-bond donors (Lipinski definition) is 1. The van der Waals surface area contributed by atoms with E-state index in [9.17, 15) is 5.11 Å².